The van der Waals surface area contributed by atoms with Crippen LogP contribution in [0.2, 0.25) is 0 Å². The number of furan rings is 1. The Labute approximate surface area is 393 Å². The second-order valence-corrected chi connectivity index (χ2v) is 16.7. The van der Waals surface area contributed by atoms with Gasteiger partial charge in [0.25, 0.3) is 0 Å². The van der Waals surface area contributed by atoms with Crippen LogP contribution in [-0.2, 0) is 5.41 Å². The Morgan fingerprint density at radius 1 is 0.348 bits per heavy atom. The van der Waals surface area contributed by atoms with Crippen LogP contribution in [-0.4, -0.2) is 0 Å². The Balaban J connectivity index is 1.23. The van der Waals surface area contributed by atoms with Crippen molar-refractivity contribution in [3.63, 3.8) is 0 Å². The van der Waals surface area contributed by atoms with Gasteiger partial charge in [0, 0.05) is 44.6 Å². The average Bonchev–Trinajstić information content (AvgIpc) is 3.97. The largest absolute Gasteiger partial charge is 0.456 e. The number of fused-ring (bicyclic) bond motifs is 8. The van der Waals surface area contributed by atoms with Gasteiger partial charge < -0.3 is 14.2 Å². The molecule has 0 saturated carbocycles. The van der Waals surface area contributed by atoms with Gasteiger partial charge >= 0.3 is 0 Å². The first-order valence-electron chi connectivity index (χ1n) is 25.6. The molecule has 3 heteroatoms. The highest BCUT2D eigenvalue weighted by molar-refractivity contribution is 6.10. The number of para-hydroxylation sites is 4. The zero-order valence-electron chi connectivity index (χ0n) is 42.5. The molecule has 0 radical (unpaired) electrons. The fraction of sp³-hybridized carbons (Fsp3) is 0.0159. The van der Waals surface area contributed by atoms with Crippen molar-refractivity contribution in [2.45, 2.75) is 5.41 Å². The maximum atomic E-state index is 10.2. The monoisotopic (exact) mass is 849 g/mol. The normalized spacial score (nSPS) is 15.6. The fourth-order valence-electron chi connectivity index (χ4n) is 10.5. The highest BCUT2D eigenvalue weighted by atomic mass is 16.3. The van der Waals surface area contributed by atoms with Crippen LogP contribution in [0.1, 0.15) is 31.8 Å². The summed E-state index contributed by atoms with van der Waals surface area (Å²) in [7, 11) is 0. The van der Waals surface area contributed by atoms with Crippen LogP contribution in [0, 0.1) is 0 Å². The number of anilines is 6. The van der Waals surface area contributed by atoms with E-state index >= 15 is 0 Å². The van der Waals surface area contributed by atoms with Crippen LogP contribution in [0.3, 0.4) is 0 Å². The zero-order chi connectivity index (χ0) is 49.7. The molecule has 0 saturated heterocycles. The van der Waals surface area contributed by atoms with Gasteiger partial charge in [-0.1, -0.05) is 176 Å². The van der Waals surface area contributed by atoms with E-state index in [1.165, 1.54) is 0 Å². The van der Waals surface area contributed by atoms with Crippen LogP contribution in [0.15, 0.2) is 259 Å². The Morgan fingerprint density at radius 3 is 1.61 bits per heavy atom. The highest BCUT2D eigenvalue weighted by Gasteiger charge is 2.49. The molecule has 1 heterocycles. The molecule has 0 amide bonds. The van der Waals surface area contributed by atoms with E-state index in [1.807, 2.05) is 103 Å². The van der Waals surface area contributed by atoms with Gasteiger partial charge in [0.2, 0.25) is 0 Å². The van der Waals surface area contributed by atoms with E-state index in [0.717, 1.165) is 77.9 Å². The summed E-state index contributed by atoms with van der Waals surface area (Å²) in [5.41, 5.74) is 9.17. The summed E-state index contributed by atoms with van der Waals surface area (Å²) in [5.74, 6) is 0. The van der Waals surface area contributed by atoms with Crippen molar-refractivity contribution in [1.82, 2.24) is 0 Å². The minimum absolute atomic E-state index is 0.0191. The molecule has 13 rings (SSSR count). The minimum Gasteiger partial charge on any atom is -0.456 e. The van der Waals surface area contributed by atoms with Gasteiger partial charge in [-0.3, -0.25) is 0 Å². The number of hydrogen-bond donors (Lipinski definition) is 0. The third-order valence-electron chi connectivity index (χ3n) is 13.2. The molecule has 1 aromatic heterocycles. The molecule has 11 aromatic carbocycles. The highest BCUT2D eigenvalue weighted by Crippen LogP contribution is 2.61. The maximum Gasteiger partial charge on any atom is 0.135 e. The number of nitrogens with zero attached hydrogens (tertiary/aromatic N) is 2. The molecule has 0 aliphatic heterocycles. The summed E-state index contributed by atoms with van der Waals surface area (Å²) >= 11 is 0. The smallest absolute Gasteiger partial charge is 0.135 e. The SMILES string of the molecule is [2H]c1c([2H])c([2H])c2c(C3(c4cccc5oc6ccccc6c45)c4ccc(N(c5ccccc5)c5ccccc5)cc4-c4cc(N(c5ccccc5)c5cccc6ccccc56)ccc43)c([2H])c([2H])c([2H])c2c1[2H]. The van der Waals surface area contributed by atoms with Crippen molar-refractivity contribution in [3.8, 4) is 11.1 Å². The topological polar surface area (TPSA) is 19.6 Å². The summed E-state index contributed by atoms with van der Waals surface area (Å²) in [6, 6.07) is 68.7. The zero-order valence-corrected chi connectivity index (χ0v) is 35.5. The molecule has 1 unspecified atom stereocenters. The van der Waals surface area contributed by atoms with Gasteiger partial charge in [0.15, 0.2) is 0 Å². The van der Waals surface area contributed by atoms with Crippen LogP contribution in [0.25, 0.3) is 54.6 Å². The van der Waals surface area contributed by atoms with Crippen molar-refractivity contribution in [2.24, 2.45) is 0 Å². The molecule has 0 spiro atoms. The first-order valence-corrected chi connectivity index (χ1v) is 22.1. The second kappa shape index (κ2) is 15.3. The predicted octanol–water partition coefficient (Wildman–Crippen LogP) is 17.2. The van der Waals surface area contributed by atoms with Crippen molar-refractivity contribution < 1.29 is 14.0 Å². The third-order valence-corrected chi connectivity index (χ3v) is 13.2. The average molecular weight is 850 g/mol. The molecule has 0 fully saturated rings. The van der Waals surface area contributed by atoms with Crippen molar-refractivity contribution in [1.29, 1.82) is 0 Å². The molecule has 1 atom stereocenters. The molecule has 3 nitrogen and oxygen atoms in total. The molecule has 310 valence electrons. The van der Waals surface area contributed by atoms with E-state index in [1.54, 1.807) is 0 Å². The first kappa shape index (κ1) is 31.2. The second-order valence-electron chi connectivity index (χ2n) is 16.7. The number of benzene rings is 11. The first-order chi connectivity index (χ1) is 35.7. The van der Waals surface area contributed by atoms with E-state index in [4.69, 9.17) is 7.16 Å². The Morgan fingerprint density at radius 2 is 0.894 bits per heavy atom. The lowest BCUT2D eigenvalue weighted by molar-refractivity contribution is 0.667. The maximum absolute atomic E-state index is 10.2. The quantitative estimate of drug-likeness (QED) is 0.152. The third kappa shape index (κ3) is 5.77. The lowest BCUT2D eigenvalue weighted by atomic mass is 9.65. The Kier molecular flexibility index (Phi) is 7.22. The minimum atomic E-state index is -1.55. The van der Waals surface area contributed by atoms with E-state index < -0.39 is 35.6 Å². The summed E-state index contributed by atoms with van der Waals surface area (Å²) < 4.78 is 72.8. The molecular weight excluding hydrogens is 801 g/mol. The van der Waals surface area contributed by atoms with Crippen molar-refractivity contribution in [2.75, 3.05) is 9.80 Å². The molecule has 0 N–H and O–H groups in total. The van der Waals surface area contributed by atoms with Gasteiger partial charge in [-0.15, -0.1) is 0 Å². The molecule has 0 bridgehead atoms. The van der Waals surface area contributed by atoms with E-state index in [9.17, 15) is 6.85 Å². The lowest BCUT2D eigenvalue weighted by Gasteiger charge is -2.36. The summed E-state index contributed by atoms with van der Waals surface area (Å²) in [4.78, 5) is 4.47. The van der Waals surface area contributed by atoms with Crippen molar-refractivity contribution in [3.05, 3.63) is 277 Å². The van der Waals surface area contributed by atoms with E-state index in [0.29, 0.717) is 16.7 Å². The van der Waals surface area contributed by atoms with E-state index in [-0.39, 0.29) is 28.4 Å². The van der Waals surface area contributed by atoms with Gasteiger partial charge in [0.1, 0.15) is 11.2 Å². The van der Waals surface area contributed by atoms with E-state index in [2.05, 4.69) is 119 Å². The van der Waals surface area contributed by atoms with Gasteiger partial charge in [-0.2, -0.15) is 0 Å². The van der Waals surface area contributed by atoms with Gasteiger partial charge in [0.05, 0.1) is 20.7 Å². The standard InChI is InChI=1S/C63H42N2O/c1-4-23-45(24-5-1)64(46-25-6-2-7-26-46)48-37-39-56-53(41-48)54-42-49(65(47-27-8-3-9-28-47)59-34-17-22-44-20-11-13-30-51(44)59)38-40-57(54)63(56,55-32-16-21-43-19-10-12-29-50(43)55)58-33-18-36-61-62(58)52-31-14-15-35-60(52)66-61/h1-42H/i10D,12D,16D,19D,21D,29D,32D. The molecule has 1 aliphatic carbocycles. The molecule has 66 heavy (non-hydrogen) atoms. The van der Waals surface area contributed by atoms with Crippen LogP contribution >= 0.6 is 0 Å². The van der Waals surface area contributed by atoms with Crippen LogP contribution in [0.5, 0.6) is 0 Å². The van der Waals surface area contributed by atoms with Crippen LogP contribution in [0.4, 0.5) is 34.1 Å². The predicted molar refractivity (Wildman–Crippen MR) is 275 cm³/mol. The number of rotatable bonds is 8. The van der Waals surface area contributed by atoms with Crippen LogP contribution < -0.4 is 9.80 Å². The molecule has 12 aromatic rings. The van der Waals surface area contributed by atoms with Crippen molar-refractivity contribution >= 4 is 77.6 Å². The Hall–Kier alpha value is -8.66. The summed E-state index contributed by atoms with van der Waals surface area (Å²) in [6.45, 7) is 0. The summed E-state index contributed by atoms with van der Waals surface area (Å²) in [6.07, 6.45) is 0. The van der Waals surface area contributed by atoms with Gasteiger partial charge in [-0.05, 0) is 128 Å². The fourth-order valence-corrected chi connectivity index (χ4v) is 10.5. The molecule has 1 aliphatic rings. The van der Waals surface area contributed by atoms with Gasteiger partial charge in [-0.25, -0.2) is 0 Å². The summed E-state index contributed by atoms with van der Waals surface area (Å²) in [5, 5.41) is 3.63. The number of hydrogen-bond acceptors (Lipinski definition) is 3. The molecular formula is C63H42N2O. The lowest BCUT2D eigenvalue weighted by Crippen LogP contribution is -2.29. The Bertz CT molecular complexity index is 4150.